The van der Waals surface area contributed by atoms with E-state index < -0.39 is 11.2 Å². The number of nitrogens with one attached hydrogen (secondary N) is 1. The highest BCUT2D eigenvalue weighted by atomic mass is 16.3. The molecule has 1 aliphatic rings. The van der Waals surface area contributed by atoms with Crippen LogP contribution in [0.1, 0.15) is 39.7 Å². The van der Waals surface area contributed by atoms with Gasteiger partial charge in [0.25, 0.3) is 0 Å². The van der Waals surface area contributed by atoms with Crippen LogP contribution >= 0.6 is 0 Å². The highest BCUT2D eigenvalue weighted by Crippen LogP contribution is 2.19. The third-order valence-electron chi connectivity index (χ3n) is 3.49. The Labute approximate surface area is 136 Å². The van der Waals surface area contributed by atoms with Gasteiger partial charge in [0.15, 0.2) is 0 Å². The number of rotatable bonds is 1. The molecule has 1 aliphatic heterocycles. The molecule has 4 heteroatoms. The molecular weight excluding hydrogens is 273 g/mol. The lowest BCUT2D eigenvalue weighted by atomic mass is 9.90. The van der Waals surface area contributed by atoms with E-state index in [-0.39, 0.29) is 0 Å². The lowest BCUT2D eigenvalue weighted by Crippen LogP contribution is -2.44. The fourth-order valence-electron chi connectivity index (χ4n) is 1.14. The second-order valence-electron chi connectivity index (χ2n) is 6.49. The highest BCUT2D eigenvalue weighted by Gasteiger charge is 2.31. The van der Waals surface area contributed by atoms with E-state index >= 15 is 0 Å². The summed E-state index contributed by atoms with van der Waals surface area (Å²) in [6.45, 7) is 10.6. The van der Waals surface area contributed by atoms with Crippen molar-refractivity contribution in [3.05, 3.63) is 42.0 Å². The summed E-state index contributed by atoms with van der Waals surface area (Å²) < 4.78 is 0. The Balaban J connectivity index is 0.000000304. The summed E-state index contributed by atoms with van der Waals surface area (Å²) in [5, 5.41) is 21.4. The van der Waals surface area contributed by atoms with Crippen molar-refractivity contribution in [1.29, 1.82) is 0 Å². The lowest BCUT2D eigenvalue weighted by Gasteiger charge is -2.31. The Bertz CT molecular complexity index is 387. The summed E-state index contributed by atoms with van der Waals surface area (Å²) >= 11 is 0. The second kappa shape index (κ2) is 9.83. The van der Waals surface area contributed by atoms with Crippen molar-refractivity contribution in [3.8, 4) is 0 Å². The SMILES string of the molecule is C1=CCNCC1.CC(C)(O)C(C)(C)O.[B]c1ccc(C)cc1. The van der Waals surface area contributed by atoms with Gasteiger partial charge in [-0.2, -0.15) is 0 Å². The lowest BCUT2D eigenvalue weighted by molar-refractivity contribution is -0.107. The molecule has 0 aliphatic carbocycles. The third kappa shape index (κ3) is 10.6. The summed E-state index contributed by atoms with van der Waals surface area (Å²) in [7, 11) is 5.43. The number of hydrogen-bond acceptors (Lipinski definition) is 3. The van der Waals surface area contributed by atoms with Crippen LogP contribution in [0, 0.1) is 6.92 Å². The van der Waals surface area contributed by atoms with E-state index in [0.717, 1.165) is 18.6 Å². The first-order valence-corrected chi connectivity index (χ1v) is 7.66. The first kappa shape index (κ1) is 20.9. The average molecular weight is 303 g/mol. The van der Waals surface area contributed by atoms with Gasteiger partial charge in [-0.15, -0.1) is 0 Å². The van der Waals surface area contributed by atoms with Crippen LogP contribution in [0.4, 0.5) is 0 Å². The van der Waals surface area contributed by atoms with Crippen LogP contribution in [0.3, 0.4) is 0 Å². The Morgan fingerprint density at radius 1 is 0.955 bits per heavy atom. The molecule has 0 amide bonds. The predicted octanol–water partition coefficient (Wildman–Crippen LogP) is 1.85. The van der Waals surface area contributed by atoms with Gasteiger partial charge in [0.2, 0.25) is 0 Å². The minimum atomic E-state index is -1.01. The van der Waals surface area contributed by atoms with Crippen molar-refractivity contribution in [2.24, 2.45) is 0 Å². The molecular formula is C18H30BNO2. The summed E-state index contributed by atoms with van der Waals surface area (Å²) in [4.78, 5) is 0. The van der Waals surface area contributed by atoms with E-state index in [1.807, 2.05) is 31.2 Å². The van der Waals surface area contributed by atoms with E-state index in [2.05, 4.69) is 17.5 Å². The van der Waals surface area contributed by atoms with Gasteiger partial charge in [-0.25, -0.2) is 0 Å². The van der Waals surface area contributed by atoms with Gasteiger partial charge < -0.3 is 15.5 Å². The van der Waals surface area contributed by atoms with E-state index in [1.165, 1.54) is 12.0 Å². The van der Waals surface area contributed by atoms with Crippen LogP contribution in [0.5, 0.6) is 0 Å². The van der Waals surface area contributed by atoms with Crippen LogP contribution in [-0.4, -0.2) is 42.4 Å². The van der Waals surface area contributed by atoms with E-state index in [4.69, 9.17) is 18.1 Å². The minimum absolute atomic E-state index is 0.829. The summed E-state index contributed by atoms with van der Waals surface area (Å²) in [6, 6.07) is 7.79. The molecule has 0 unspecified atom stereocenters. The molecule has 3 nitrogen and oxygen atoms in total. The Morgan fingerprint density at radius 2 is 1.45 bits per heavy atom. The van der Waals surface area contributed by atoms with Crippen LogP contribution in [-0.2, 0) is 0 Å². The van der Waals surface area contributed by atoms with E-state index in [1.54, 1.807) is 27.7 Å². The molecule has 0 aromatic heterocycles. The predicted molar refractivity (Wildman–Crippen MR) is 95.8 cm³/mol. The molecule has 0 saturated heterocycles. The molecule has 0 atom stereocenters. The molecule has 1 heterocycles. The van der Waals surface area contributed by atoms with Gasteiger partial charge >= 0.3 is 0 Å². The molecule has 22 heavy (non-hydrogen) atoms. The molecule has 0 fully saturated rings. The molecule has 0 spiro atoms. The van der Waals surface area contributed by atoms with Crippen LogP contribution in [0.2, 0.25) is 0 Å². The molecule has 1 aromatic carbocycles. The van der Waals surface area contributed by atoms with Crippen LogP contribution < -0.4 is 10.8 Å². The van der Waals surface area contributed by atoms with Gasteiger partial charge in [0.1, 0.15) is 7.85 Å². The summed E-state index contributed by atoms with van der Waals surface area (Å²) in [5.41, 5.74) is 0.0646. The fraction of sp³-hybridized carbons (Fsp3) is 0.556. The Hall–Kier alpha value is -1.10. The van der Waals surface area contributed by atoms with Crippen molar-refractivity contribution in [3.63, 3.8) is 0 Å². The topological polar surface area (TPSA) is 52.5 Å². The summed E-state index contributed by atoms with van der Waals surface area (Å²) in [5.74, 6) is 0. The van der Waals surface area contributed by atoms with Gasteiger partial charge in [-0.3, -0.25) is 0 Å². The highest BCUT2D eigenvalue weighted by molar-refractivity contribution is 6.32. The second-order valence-corrected chi connectivity index (χ2v) is 6.49. The molecule has 3 N–H and O–H groups in total. The zero-order chi connectivity index (χ0) is 17.2. The first-order valence-electron chi connectivity index (χ1n) is 7.66. The molecule has 2 radical (unpaired) electrons. The van der Waals surface area contributed by atoms with Crippen molar-refractivity contribution < 1.29 is 10.2 Å². The average Bonchev–Trinajstić information content (AvgIpc) is 2.43. The smallest absolute Gasteiger partial charge is 0.113 e. The maximum Gasteiger partial charge on any atom is 0.113 e. The van der Waals surface area contributed by atoms with Crippen molar-refractivity contribution in [1.82, 2.24) is 5.32 Å². The van der Waals surface area contributed by atoms with Crippen molar-refractivity contribution in [2.75, 3.05) is 13.1 Å². The number of benzene rings is 1. The van der Waals surface area contributed by atoms with Gasteiger partial charge in [-0.1, -0.05) is 47.4 Å². The fourth-order valence-corrected chi connectivity index (χ4v) is 1.14. The van der Waals surface area contributed by atoms with Gasteiger partial charge in [-0.05, 0) is 47.6 Å². The van der Waals surface area contributed by atoms with Crippen molar-refractivity contribution in [2.45, 2.75) is 52.2 Å². The standard InChI is InChI=1S/C7H7B.C6H14O2.C5H9N/c1-6-2-4-7(8)5-3-6;1-5(2,7)6(3,4)8;1-2-4-6-5-3-1/h2-5H,1H3;7-8H,1-4H3;1-2,6H,3-5H2. The largest absolute Gasteiger partial charge is 0.387 e. The molecule has 0 bridgehead atoms. The number of aryl methyl sites for hydroxylation is 1. The maximum absolute atomic E-state index is 9.10. The molecule has 2 rings (SSSR count). The molecule has 1 aromatic rings. The molecule has 0 saturated carbocycles. The van der Waals surface area contributed by atoms with E-state index in [0.29, 0.717) is 0 Å². The number of hydrogen-bond donors (Lipinski definition) is 3. The monoisotopic (exact) mass is 303 g/mol. The van der Waals surface area contributed by atoms with Gasteiger partial charge in [0, 0.05) is 6.54 Å². The normalized spacial score (nSPS) is 14.3. The number of aliphatic hydroxyl groups is 2. The third-order valence-corrected chi connectivity index (χ3v) is 3.49. The zero-order valence-electron chi connectivity index (χ0n) is 14.6. The van der Waals surface area contributed by atoms with Crippen LogP contribution in [0.15, 0.2) is 36.4 Å². The van der Waals surface area contributed by atoms with Crippen molar-refractivity contribution >= 4 is 13.3 Å². The summed E-state index contributed by atoms with van der Waals surface area (Å²) in [6.07, 6.45) is 5.57. The first-order chi connectivity index (χ1) is 10.0. The molecule has 122 valence electrons. The zero-order valence-corrected chi connectivity index (χ0v) is 14.6. The maximum atomic E-state index is 9.10. The minimum Gasteiger partial charge on any atom is -0.387 e. The quantitative estimate of drug-likeness (QED) is 0.548. The van der Waals surface area contributed by atoms with Crippen LogP contribution in [0.25, 0.3) is 0 Å². The van der Waals surface area contributed by atoms with Gasteiger partial charge in [0.05, 0.1) is 11.2 Å². The Morgan fingerprint density at radius 3 is 1.64 bits per heavy atom. The van der Waals surface area contributed by atoms with E-state index in [9.17, 15) is 0 Å². The Kier molecular flexibility index (Phi) is 9.34.